The Kier molecular flexibility index (Phi) is 3.75. The Morgan fingerprint density at radius 3 is 2.48 bits per heavy atom. The summed E-state index contributed by atoms with van der Waals surface area (Å²) in [6, 6.07) is 11.7. The molecule has 112 valence electrons. The second-order valence-electron chi connectivity index (χ2n) is 6.94. The molecule has 3 rings (SSSR count). The Hall–Kier alpha value is -1.41. The van der Waals surface area contributed by atoms with Crippen LogP contribution in [0.2, 0.25) is 0 Å². The minimum atomic E-state index is -0.130. The van der Waals surface area contributed by atoms with Gasteiger partial charge in [-0.05, 0) is 48.2 Å². The van der Waals surface area contributed by atoms with Crippen molar-refractivity contribution in [3.05, 3.63) is 47.8 Å². The zero-order chi connectivity index (χ0) is 15.0. The number of nitrogens with one attached hydrogen (secondary N) is 1. The van der Waals surface area contributed by atoms with Crippen molar-refractivity contribution in [1.82, 2.24) is 5.32 Å². The van der Waals surface area contributed by atoms with E-state index >= 15 is 0 Å². The maximum Gasteiger partial charge on any atom is 0.131 e. The lowest BCUT2D eigenvalue weighted by molar-refractivity contribution is 0.204. The maximum atomic E-state index is 14.0. The first-order valence-electron chi connectivity index (χ1n) is 7.89. The highest BCUT2D eigenvalue weighted by Gasteiger charge is 2.39. The number of hydrogen-bond acceptors (Lipinski definition) is 1. The summed E-state index contributed by atoms with van der Waals surface area (Å²) in [7, 11) is 2.02. The van der Waals surface area contributed by atoms with Crippen LogP contribution in [0.25, 0.3) is 10.8 Å². The van der Waals surface area contributed by atoms with Crippen LogP contribution in [-0.4, -0.2) is 7.05 Å². The van der Waals surface area contributed by atoms with Gasteiger partial charge in [0.15, 0.2) is 0 Å². The molecule has 0 spiro atoms. The molecule has 1 aliphatic rings. The predicted molar refractivity (Wildman–Crippen MR) is 86.8 cm³/mol. The van der Waals surface area contributed by atoms with Crippen molar-refractivity contribution in [3.63, 3.8) is 0 Å². The number of halogens is 1. The molecule has 2 unspecified atom stereocenters. The van der Waals surface area contributed by atoms with Crippen LogP contribution in [0.1, 0.15) is 44.7 Å². The fourth-order valence-corrected chi connectivity index (χ4v) is 4.10. The van der Waals surface area contributed by atoms with Gasteiger partial charge in [0.05, 0.1) is 0 Å². The lowest BCUT2D eigenvalue weighted by Gasteiger charge is -2.35. The molecule has 2 heteroatoms. The van der Waals surface area contributed by atoms with Gasteiger partial charge in [0, 0.05) is 11.4 Å². The summed E-state index contributed by atoms with van der Waals surface area (Å²) in [5, 5.41) is 5.27. The summed E-state index contributed by atoms with van der Waals surface area (Å²) < 4.78 is 14.0. The second-order valence-corrected chi connectivity index (χ2v) is 6.94. The maximum absolute atomic E-state index is 14.0. The molecule has 0 saturated heterocycles. The fraction of sp³-hybridized carbons (Fsp3) is 0.474. The van der Waals surface area contributed by atoms with Crippen LogP contribution >= 0.6 is 0 Å². The summed E-state index contributed by atoms with van der Waals surface area (Å²) >= 11 is 0. The van der Waals surface area contributed by atoms with E-state index in [-0.39, 0.29) is 11.9 Å². The average molecular weight is 285 g/mol. The molecule has 0 bridgehead atoms. The van der Waals surface area contributed by atoms with Crippen molar-refractivity contribution in [2.45, 2.75) is 39.2 Å². The van der Waals surface area contributed by atoms with E-state index in [4.69, 9.17) is 0 Å². The molecule has 0 aromatic heterocycles. The van der Waals surface area contributed by atoms with Gasteiger partial charge in [0.1, 0.15) is 5.82 Å². The SMILES string of the molecule is CNC(c1ccc(F)c2ccccc12)C1CCCC1(C)C. The van der Waals surface area contributed by atoms with Crippen LogP contribution < -0.4 is 5.32 Å². The topological polar surface area (TPSA) is 12.0 Å². The summed E-state index contributed by atoms with van der Waals surface area (Å²) in [4.78, 5) is 0. The van der Waals surface area contributed by atoms with Crippen LogP contribution in [-0.2, 0) is 0 Å². The molecule has 2 atom stereocenters. The first kappa shape index (κ1) is 14.5. The lowest BCUT2D eigenvalue weighted by atomic mass is 9.75. The standard InChI is InChI=1S/C19H24FN/c1-19(2)12-6-9-16(19)18(21-3)15-10-11-17(20)14-8-5-4-7-13(14)15/h4-5,7-8,10-11,16,18,21H,6,9,12H2,1-3H3. The van der Waals surface area contributed by atoms with Gasteiger partial charge in [-0.3, -0.25) is 0 Å². The molecule has 0 radical (unpaired) electrons. The number of benzene rings is 2. The van der Waals surface area contributed by atoms with Crippen LogP contribution in [0, 0.1) is 17.2 Å². The van der Waals surface area contributed by atoms with Crippen LogP contribution in [0.15, 0.2) is 36.4 Å². The van der Waals surface area contributed by atoms with E-state index in [1.54, 1.807) is 6.07 Å². The van der Waals surface area contributed by atoms with Crippen molar-refractivity contribution in [1.29, 1.82) is 0 Å². The van der Waals surface area contributed by atoms with Gasteiger partial charge in [0.2, 0.25) is 0 Å². The molecule has 1 nitrogen and oxygen atoms in total. The van der Waals surface area contributed by atoms with Gasteiger partial charge >= 0.3 is 0 Å². The molecule has 1 aliphatic carbocycles. The van der Waals surface area contributed by atoms with Gasteiger partial charge in [-0.25, -0.2) is 4.39 Å². The fourth-order valence-electron chi connectivity index (χ4n) is 4.10. The van der Waals surface area contributed by atoms with E-state index < -0.39 is 0 Å². The Bertz CT molecular complexity index is 647. The Morgan fingerprint density at radius 2 is 1.86 bits per heavy atom. The van der Waals surface area contributed by atoms with Gasteiger partial charge < -0.3 is 5.32 Å². The second kappa shape index (κ2) is 5.42. The van der Waals surface area contributed by atoms with Crippen LogP contribution in [0.5, 0.6) is 0 Å². The largest absolute Gasteiger partial charge is 0.313 e. The van der Waals surface area contributed by atoms with Crippen molar-refractivity contribution >= 4 is 10.8 Å². The van der Waals surface area contributed by atoms with E-state index in [9.17, 15) is 4.39 Å². The highest BCUT2D eigenvalue weighted by molar-refractivity contribution is 5.86. The Labute approximate surface area is 126 Å². The third-order valence-electron chi connectivity index (χ3n) is 5.29. The molecule has 1 fully saturated rings. The molecule has 0 amide bonds. The molecule has 21 heavy (non-hydrogen) atoms. The molecule has 1 N–H and O–H groups in total. The van der Waals surface area contributed by atoms with Crippen LogP contribution in [0.4, 0.5) is 4.39 Å². The molecule has 0 heterocycles. The number of fused-ring (bicyclic) bond motifs is 1. The summed E-state index contributed by atoms with van der Waals surface area (Å²) in [5.74, 6) is 0.464. The molecular weight excluding hydrogens is 261 g/mol. The zero-order valence-electron chi connectivity index (χ0n) is 13.1. The first-order valence-corrected chi connectivity index (χ1v) is 7.89. The molecular formula is C19H24FN. The van der Waals surface area contributed by atoms with Gasteiger partial charge in [-0.2, -0.15) is 0 Å². The smallest absolute Gasteiger partial charge is 0.131 e. The van der Waals surface area contributed by atoms with E-state index in [2.05, 4.69) is 19.2 Å². The van der Waals surface area contributed by atoms with Crippen LogP contribution in [0.3, 0.4) is 0 Å². The quantitative estimate of drug-likeness (QED) is 0.830. The van der Waals surface area contributed by atoms with E-state index in [1.165, 1.54) is 24.8 Å². The predicted octanol–water partition coefficient (Wildman–Crippen LogP) is 5.07. The van der Waals surface area contributed by atoms with Gasteiger partial charge in [-0.1, -0.05) is 50.6 Å². The van der Waals surface area contributed by atoms with E-state index in [0.717, 1.165) is 10.8 Å². The van der Waals surface area contributed by atoms with E-state index in [1.807, 2.05) is 37.4 Å². The summed E-state index contributed by atoms with van der Waals surface area (Å²) in [6.45, 7) is 4.72. The third-order valence-corrected chi connectivity index (χ3v) is 5.29. The van der Waals surface area contributed by atoms with Crippen molar-refractivity contribution in [2.24, 2.45) is 11.3 Å². The minimum Gasteiger partial charge on any atom is -0.313 e. The molecule has 2 aromatic carbocycles. The number of rotatable bonds is 3. The van der Waals surface area contributed by atoms with Crippen molar-refractivity contribution in [3.8, 4) is 0 Å². The first-order chi connectivity index (χ1) is 10.0. The van der Waals surface area contributed by atoms with Crippen molar-refractivity contribution < 1.29 is 4.39 Å². The monoisotopic (exact) mass is 285 g/mol. The average Bonchev–Trinajstić information content (AvgIpc) is 2.82. The Morgan fingerprint density at radius 1 is 1.14 bits per heavy atom. The van der Waals surface area contributed by atoms with Crippen molar-refractivity contribution in [2.75, 3.05) is 7.05 Å². The van der Waals surface area contributed by atoms with E-state index in [0.29, 0.717) is 11.3 Å². The van der Waals surface area contributed by atoms with Gasteiger partial charge in [-0.15, -0.1) is 0 Å². The summed E-state index contributed by atoms with van der Waals surface area (Å²) in [6.07, 6.45) is 3.80. The normalized spacial score (nSPS) is 22.6. The third kappa shape index (κ3) is 2.46. The highest BCUT2D eigenvalue weighted by atomic mass is 19.1. The lowest BCUT2D eigenvalue weighted by Crippen LogP contribution is -2.32. The zero-order valence-corrected chi connectivity index (χ0v) is 13.1. The van der Waals surface area contributed by atoms with Gasteiger partial charge in [0.25, 0.3) is 0 Å². The number of hydrogen-bond donors (Lipinski definition) is 1. The molecule has 0 aliphatic heterocycles. The molecule has 2 aromatic rings. The summed E-state index contributed by atoms with van der Waals surface area (Å²) in [5.41, 5.74) is 1.57. The minimum absolute atomic E-state index is 0.130. The highest BCUT2D eigenvalue weighted by Crippen LogP contribution is 2.49. The molecule has 1 saturated carbocycles. The Balaban J connectivity index is 2.12.